The first-order valence-electron chi connectivity index (χ1n) is 7.69. The van der Waals surface area contributed by atoms with E-state index in [2.05, 4.69) is 37.4 Å². The zero-order chi connectivity index (χ0) is 17.3. The fraction of sp³-hybridized carbons (Fsp3) is 0.158. The molecule has 24 heavy (non-hydrogen) atoms. The van der Waals surface area contributed by atoms with Crippen LogP contribution in [0, 0.1) is 0 Å². The Kier molecular flexibility index (Phi) is 3.95. The van der Waals surface area contributed by atoms with Crippen LogP contribution in [0.4, 0.5) is 22.7 Å². The summed E-state index contributed by atoms with van der Waals surface area (Å²) in [5.41, 5.74) is 8.63. The third kappa shape index (κ3) is 3.21. The molecule has 5 heteroatoms. The Labute approximate surface area is 141 Å². The van der Waals surface area contributed by atoms with E-state index in [-0.39, 0.29) is 5.75 Å². The number of phenols is 1. The van der Waals surface area contributed by atoms with Crippen LogP contribution in [0.2, 0.25) is 0 Å². The van der Waals surface area contributed by atoms with E-state index in [4.69, 9.17) is 5.73 Å². The largest absolute Gasteiger partial charge is 0.506 e. The molecule has 3 N–H and O–H groups in total. The average Bonchev–Trinajstić information content (AvgIpc) is 2.54. The van der Waals surface area contributed by atoms with Crippen molar-refractivity contribution in [2.45, 2.75) is 0 Å². The van der Waals surface area contributed by atoms with Crippen LogP contribution in [-0.4, -0.2) is 26.2 Å². The van der Waals surface area contributed by atoms with Crippen LogP contribution in [0.3, 0.4) is 0 Å². The number of anilines is 1. The molecule has 0 radical (unpaired) electrons. The molecule has 0 aliphatic heterocycles. The number of hydrogen-bond donors (Lipinski definition) is 2. The van der Waals surface area contributed by atoms with Gasteiger partial charge in [-0.3, -0.25) is 4.48 Å². The van der Waals surface area contributed by atoms with Crippen LogP contribution >= 0.6 is 0 Å². The molecule has 0 aromatic heterocycles. The highest BCUT2D eigenvalue weighted by Crippen LogP contribution is 2.38. The number of nitrogen functional groups attached to an aromatic ring is 1. The van der Waals surface area contributed by atoms with E-state index in [0.717, 1.165) is 16.5 Å². The Bertz CT molecular complexity index is 909. The number of phenolic OH excluding ortho intramolecular Hbond substituents is 1. The summed E-state index contributed by atoms with van der Waals surface area (Å²) in [5, 5.41) is 20.6. The molecule has 3 aromatic rings. The van der Waals surface area contributed by atoms with E-state index in [1.807, 2.05) is 18.2 Å². The van der Waals surface area contributed by atoms with E-state index < -0.39 is 0 Å². The average molecular weight is 321 g/mol. The molecule has 0 saturated heterocycles. The van der Waals surface area contributed by atoms with Crippen molar-refractivity contribution in [1.82, 2.24) is 4.48 Å². The van der Waals surface area contributed by atoms with Gasteiger partial charge in [0.2, 0.25) is 0 Å². The lowest BCUT2D eigenvalue weighted by Gasteiger charge is -2.23. The molecule has 3 rings (SSSR count). The Morgan fingerprint density at radius 3 is 2.21 bits per heavy atom. The van der Waals surface area contributed by atoms with E-state index in [0.29, 0.717) is 21.5 Å². The van der Waals surface area contributed by atoms with Gasteiger partial charge < -0.3 is 10.8 Å². The Morgan fingerprint density at radius 1 is 0.875 bits per heavy atom. The van der Waals surface area contributed by atoms with Crippen LogP contribution in [0.5, 0.6) is 5.75 Å². The molecule has 0 spiro atoms. The Balaban J connectivity index is 2.11. The zero-order valence-corrected chi connectivity index (χ0v) is 14.1. The van der Waals surface area contributed by atoms with Gasteiger partial charge >= 0.3 is 0 Å². The number of fused-ring (bicyclic) bond motifs is 1. The summed E-state index contributed by atoms with van der Waals surface area (Å²) in [5.74, 6) is 0.111. The van der Waals surface area contributed by atoms with Crippen molar-refractivity contribution < 1.29 is 5.11 Å². The summed E-state index contributed by atoms with van der Waals surface area (Å²) in [4.78, 5) is 0. The van der Waals surface area contributed by atoms with Crippen LogP contribution in [-0.2, 0) is 0 Å². The molecule has 0 fully saturated rings. The highest BCUT2D eigenvalue weighted by molar-refractivity contribution is 5.97. The Hall–Kier alpha value is -2.92. The van der Waals surface area contributed by atoms with Crippen molar-refractivity contribution in [3.8, 4) is 5.75 Å². The number of rotatable bonds is 3. The van der Waals surface area contributed by atoms with Gasteiger partial charge in [-0.05, 0) is 47.9 Å². The van der Waals surface area contributed by atoms with Crippen molar-refractivity contribution in [3.05, 3.63) is 54.6 Å². The summed E-state index contributed by atoms with van der Waals surface area (Å²) in [6.07, 6.45) is 0. The fourth-order valence-electron chi connectivity index (χ4n) is 2.45. The van der Waals surface area contributed by atoms with Crippen LogP contribution < -0.4 is 10.2 Å². The summed E-state index contributed by atoms with van der Waals surface area (Å²) in [6.45, 7) is 0. The van der Waals surface area contributed by atoms with Gasteiger partial charge in [0.05, 0.1) is 26.8 Å². The maximum Gasteiger partial charge on any atom is 0.143 e. The van der Waals surface area contributed by atoms with E-state index in [1.165, 1.54) is 0 Å². The number of azo groups is 1. The minimum Gasteiger partial charge on any atom is -0.506 e. The summed E-state index contributed by atoms with van der Waals surface area (Å²) in [6, 6.07) is 16.8. The standard InChI is InChI=1S/C19H20N4O/c1-23(2,3)16-10-4-13-5-11-18(24)19(17(13)12-16)22-21-15-8-6-14(20)7-9-15/h4-12H,1-3H3,(H2-,20,21,22,24)/p+1. The van der Waals surface area contributed by atoms with Crippen LogP contribution in [0.1, 0.15) is 0 Å². The predicted octanol–water partition coefficient (Wildman–Crippen LogP) is 4.74. The number of nitrogens with two attached hydrogens (primary N) is 1. The normalized spacial score (nSPS) is 12.1. The van der Waals surface area contributed by atoms with E-state index in [1.54, 1.807) is 30.3 Å². The second-order valence-electron chi connectivity index (χ2n) is 6.64. The summed E-state index contributed by atoms with van der Waals surface area (Å²) < 4.78 is 0.681. The molecule has 0 atom stereocenters. The first kappa shape index (κ1) is 16.0. The molecule has 0 unspecified atom stereocenters. The molecular formula is C19H21N4O+. The van der Waals surface area contributed by atoms with Gasteiger partial charge in [0.15, 0.2) is 0 Å². The quantitative estimate of drug-likeness (QED) is 0.415. The van der Waals surface area contributed by atoms with Crippen LogP contribution in [0.25, 0.3) is 10.8 Å². The smallest absolute Gasteiger partial charge is 0.143 e. The molecule has 5 nitrogen and oxygen atoms in total. The third-order valence-corrected chi connectivity index (χ3v) is 3.89. The van der Waals surface area contributed by atoms with E-state index >= 15 is 0 Å². The van der Waals surface area contributed by atoms with Gasteiger partial charge in [0, 0.05) is 17.1 Å². The van der Waals surface area contributed by atoms with Gasteiger partial charge in [-0.1, -0.05) is 6.07 Å². The first-order valence-corrected chi connectivity index (χ1v) is 7.69. The van der Waals surface area contributed by atoms with Gasteiger partial charge in [0.25, 0.3) is 0 Å². The second kappa shape index (κ2) is 5.94. The van der Waals surface area contributed by atoms with Crippen molar-refractivity contribution in [2.24, 2.45) is 10.2 Å². The summed E-state index contributed by atoms with van der Waals surface area (Å²) in [7, 11) is 6.29. The molecule has 0 aliphatic rings. The third-order valence-electron chi connectivity index (χ3n) is 3.89. The number of benzene rings is 3. The minimum absolute atomic E-state index is 0.111. The van der Waals surface area contributed by atoms with Gasteiger partial charge in [-0.2, -0.15) is 5.11 Å². The first-order chi connectivity index (χ1) is 11.3. The number of nitrogens with zero attached hydrogens (tertiary/aromatic N) is 3. The molecule has 122 valence electrons. The molecule has 0 aliphatic carbocycles. The SMILES string of the molecule is C[N+](C)(C)c1ccc2ccc(O)c(N=Nc3ccc(N)cc3)c2c1. The van der Waals surface area contributed by atoms with E-state index in [9.17, 15) is 5.11 Å². The second-order valence-corrected chi connectivity index (χ2v) is 6.64. The van der Waals surface area contributed by atoms with Crippen molar-refractivity contribution in [1.29, 1.82) is 0 Å². The number of hydrogen-bond acceptors (Lipinski definition) is 4. The van der Waals surface area contributed by atoms with Gasteiger partial charge in [0.1, 0.15) is 17.1 Å². The molecular weight excluding hydrogens is 300 g/mol. The number of quaternary nitrogens is 1. The van der Waals surface area contributed by atoms with Crippen LogP contribution in [0.15, 0.2) is 64.8 Å². The molecule has 0 heterocycles. The van der Waals surface area contributed by atoms with Gasteiger partial charge in [-0.15, -0.1) is 5.11 Å². The lowest BCUT2D eigenvalue weighted by Crippen LogP contribution is -2.34. The Morgan fingerprint density at radius 2 is 1.54 bits per heavy atom. The topological polar surface area (TPSA) is 71.0 Å². The molecule has 0 saturated carbocycles. The maximum atomic E-state index is 10.2. The lowest BCUT2D eigenvalue weighted by atomic mass is 10.1. The van der Waals surface area contributed by atoms with Crippen molar-refractivity contribution >= 4 is 33.5 Å². The minimum atomic E-state index is 0.111. The fourth-order valence-corrected chi connectivity index (χ4v) is 2.45. The molecule has 0 bridgehead atoms. The lowest BCUT2D eigenvalue weighted by molar-refractivity contribution is 0.477. The zero-order valence-electron chi connectivity index (χ0n) is 14.1. The van der Waals surface area contributed by atoms with Gasteiger partial charge in [-0.25, -0.2) is 0 Å². The monoisotopic (exact) mass is 321 g/mol. The predicted molar refractivity (Wildman–Crippen MR) is 100 cm³/mol. The maximum absolute atomic E-state index is 10.2. The summed E-state index contributed by atoms with van der Waals surface area (Å²) >= 11 is 0. The highest BCUT2D eigenvalue weighted by atomic mass is 16.3. The van der Waals surface area contributed by atoms with Crippen molar-refractivity contribution in [2.75, 3.05) is 26.9 Å². The highest BCUT2D eigenvalue weighted by Gasteiger charge is 2.15. The van der Waals surface area contributed by atoms with Crippen molar-refractivity contribution in [3.63, 3.8) is 0 Å². The molecule has 3 aromatic carbocycles. The molecule has 0 amide bonds. The number of aromatic hydroxyl groups is 1.